The van der Waals surface area contributed by atoms with Crippen LogP contribution >= 0.6 is 0 Å². The molecule has 0 atom stereocenters. The summed E-state index contributed by atoms with van der Waals surface area (Å²) in [6.07, 6.45) is 3.40. The van der Waals surface area contributed by atoms with Gasteiger partial charge in [0, 0.05) is 6.54 Å². The maximum absolute atomic E-state index is 11.1. The first kappa shape index (κ1) is 10.6. The fraction of sp³-hybridized carbons (Fsp3) is 0.556. The van der Waals surface area contributed by atoms with Crippen LogP contribution in [-0.2, 0) is 13.0 Å². The van der Waals surface area contributed by atoms with Gasteiger partial charge in [0.1, 0.15) is 5.69 Å². The van der Waals surface area contributed by atoms with Gasteiger partial charge in [-0.25, -0.2) is 0 Å². The van der Waals surface area contributed by atoms with Crippen LogP contribution in [0.3, 0.4) is 0 Å². The zero-order valence-corrected chi connectivity index (χ0v) is 8.68. The van der Waals surface area contributed by atoms with Crippen molar-refractivity contribution in [3.63, 3.8) is 0 Å². The molecular weight excluding hydrogens is 212 g/mol. The summed E-state index contributed by atoms with van der Waals surface area (Å²) in [6, 6.07) is 0. The zero-order valence-electron chi connectivity index (χ0n) is 8.68. The van der Waals surface area contributed by atoms with Crippen LogP contribution in [0.5, 0.6) is 0 Å². The van der Waals surface area contributed by atoms with Crippen LogP contribution in [0.25, 0.3) is 0 Å². The highest BCUT2D eigenvalue weighted by Gasteiger charge is 2.30. The third kappa shape index (κ3) is 1.64. The number of carbonyl (C=O) groups is 1. The number of fused-ring (bicyclic) bond motifs is 1. The van der Waals surface area contributed by atoms with Gasteiger partial charge in [-0.15, -0.1) is 0 Å². The van der Waals surface area contributed by atoms with Gasteiger partial charge in [-0.05, 0) is 19.3 Å². The second kappa shape index (κ2) is 3.92. The van der Waals surface area contributed by atoms with E-state index in [0.29, 0.717) is 18.7 Å². The molecule has 1 aliphatic heterocycles. The highest BCUT2D eigenvalue weighted by atomic mass is 16.6. The van der Waals surface area contributed by atoms with Gasteiger partial charge in [-0.3, -0.25) is 19.6 Å². The summed E-state index contributed by atoms with van der Waals surface area (Å²) in [6.45, 7) is 0.615. The molecule has 2 heterocycles. The number of primary amides is 1. The lowest BCUT2D eigenvalue weighted by molar-refractivity contribution is -0.385. The largest absolute Gasteiger partial charge is 0.364 e. The van der Waals surface area contributed by atoms with E-state index in [1.54, 1.807) is 4.68 Å². The summed E-state index contributed by atoms with van der Waals surface area (Å²) in [7, 11) is 0. The first-order chi connectivity index (χ1) is 7.61. The minimum absolute atomic E-state index is 0.214. The van der Waals surface area contributed by atoms with Gasteiger partial charge in [0.15, 0.2) is 0 Å². The predicted octanol–water partition coefficient (Wildman–Crippen LogP) is 0.617. The smallest absolute Gasteiger partial charge is 0.323 e. The molecule has 1 aromatic rings. The molecular formula is C9H12N4O3. The summed E-state index contributed by atoms with van der Waals surface area (Å²) in [5.74, 6) is -0.840. The van der Waals surface area contributed by atoms with Gasteiger partial charge in [0.25, 0.3) is 5.91 Å². The Hall–Kier alpha value is -1.92. The monoisotopic (exact) mass is 224 g/mol. The number of hydrogen-bond acceptors (Lipinski definition) is 4. The summed E-state index contributed by atoms with van der Waals surface area (Å²) in [5.41, 5.74) is 5.17. The second-order valence-corrected chi connectivity index (χ2v) is 3.80. The molecule has 7 heteroatoms. The Morgan fingerprint density at radius 2 is 2.19 bits per heavy atom. The van der Waals surface area contributed by atoms with Crippen LogP contribution in [0.2, 0.25) is 0 Å². The van der Waals surface area contributed by atoms with E-state index < -0.39 is 10.8 Å². The fourth-order valence-corrected chi connectivity index (χ4v) is 2.01. The second-order valence-electron chi connectivity index (χ2n) is 3.80. The van der Waals surface area contributed by atoms with Gasteiger partial charge in [0.05, 0.1) is 4.92 Å². The van der Waals surface area contributed by atoms with E-state index in [9.17, 15) is 14.9 Å². The standard InChI is InChI=1S/C9H12N4O3/c10-9(14)7-8(13(15)16)6-4-2-1-3-5-12(6)11-7/h1-5H2,(H2,10,14). The average molecular weight is 224 g/mol. The van der Waals surface area contributed by atoms with Gasteiger partial charge < -0.3 is 5.73 Å². The number of hydrogen-bond donors (Lipinski definition) is 1. The quantitative estimate of drug-likeness (QED) is 0.587. The minimum atomic E-state index is -0.840. The van der Waals surface area contributed by atoms with E-state index in [2.05, 4.69) is 5.10 Å². The molecule has 1 aromatic heterocycles. The Morgan fingerprint density at radius 3 is 2.81 bits per heavy atom. The molecule has 16 heavy (non-hydrogen) atoms. The highest BCUT2D eigenvalue weighted by Crippen LogP contribution is 2.27. The lowest BCUT2D eigenvalue weighted by Crippen LogP contribution is -2.14. The lowest BCUT2D eigenvalue weighted by Gasteiger charge is -1.98. The van der Waals surface area contributed by atoms with E-state index in [4.69, 9.17) is 5.73 Å². The van der Waals surface area contributed by atoms with Gasteiger partial charge >= 0.3 is 5.69 Å². The van der Waals surface area contributed by atoms with Crippen LogP contribution in [-0.4, -0.2) is 20.6 Å². The summed E-state index contributed by atoms with van der Waals surface area (Å²) in [5, 5.41) is 14.8. The number of nitrogens with zero attached hydrogens (tertiary/aromatic N) is 3. The van der Waals surface area contributed by atoms with Gasteiger partial charge in [-0.2, -0.15) is 5.10 Å². The molecule has 0 aromatic carbocycles. The Balaban J connectivity index is 2.57. The van der Waals surface area contributed by atoms with Crippen molar-refractivity contribution in [2.75, 3.05) is 0 Å². The molecule has 2 rings (SSSR count). The van der Waals surface area contributed by atoms with Crippen molar-refractivity contribution in [1.82, 2.24) is 9.78 Å². The number of rotatable bonds is 2. The minimum Gasteiger partial charge on any atom is -0.364 e. The van der Waals surface area contributed by atoms with Crippen LogP contribution in [0.15, 0.2) is 0 Å². The molecule has 7 nitrogen and oxygen atoms in total. The normalized spacial score (nSPS) is 15.2. The van der Waals surface area contributed by atoms with Crippen molar-refractivity contribution in [3.8, 4) is 0 Å². The Labute approximate surface area is 91.4 Å². The first-order valence-corrected chi connectivity index (χ1v) is 5.15. The topological polar surface area (TPSA) is 104 Å². The van der Waals surface area contributed by atoms with E-state index in [1.165, 1.54) is 0 Å². The summed E-state index contributed by atoms with van der Waals surface area (Å²) < 4.78 is 1.55. The van der Waals surface area contributed by atoms with Crippen molar-refractivity contribution in [3.05, 3.63) is 21.5 Å². The third-order valence-corrected chi connectivity index (χ3v) is 2.73. The van der Waals surface area contributed by atoms with Crippen LogP contribution < -0.4 is 5.73 Å². The number of aryl methyl sites for hydroxylation is 1. The van der Waals surface area contributed by atoms with E-state index in [-0.39, 0.29) is 11.4 Å². The van der Waals surface area contributed by atoms with Gasteiger partial charge in [-0.1, -0.05) is 6.42 Å². The van der Waals surface area contributed by atoms with Crippen LogP contribution in [0.4, 0.5) is 5.69 Å². The molecule has 0 fully saturated rings. The summed E-state index contributed by atoms with van der Waals surface area (Å²) >= 11 is 0. The molecule has 0 radical (unpaired) electrons. The molecule has 1 aliphatic rings. The van der Waals surface area contributed by atoms with Crippen molar-refractivity contribution in [2.24, 2.45) is 5.73 Å². The maximum Gasteiger partial charge on any atom is 0.323 e. The molecule has 2 N–H and O–H groups in total. The highest BCUT2D eigenvalue weighted by molar-refractivity contribution is 5.95. The Morgan fingerprint density at radius 1 is 1.44 bits per heavy atom. The number of nitro groups is 1. The number of carbonyl (C=O) groups excluding carboxylic acids is 1. The van der Waals surface area contributed by atoms with Crippen molar-refractivity contribution >= 4 is 11.6 Å². The first-order valence-electron chi connectivity index (χ1n) is 5.15. The number of amides is 1. The lowest BCUT2D eigenvalue weighted by atomic mass is 10.1. The molecule has 0 aliphatic carbocycles. The van der Waals surface area contributed by atoms with Crippen molar-refractivity contribution in [2.45, 2.75) is 32.2 Å². The van der Waals surface area contributed by atoms with Crippen molar-refractivity contribution in [1.29, 1.82) is 0 Å². The molecule has 0 spiro atoms. The van der Waals surface area contributed by atoms with E-state index in [0.717, 1.165) is 19.3 Å². The van der Waals surface area contributed by atoms with E-state index in [1.807, 2.05) is 0 Å². The van der Waals surface area contributed by atoms with Crippen LogP contribution in [0.1, 0.15) is 35.4 Å². The van der Waals surface area contributed by atoms with Gasteiger partial charge in [0.2, 0.25) is 5.69 Å². The molecule has 1 amide bonds. The van der Waals surface area contributed by atoms with Crippen molar-refractivity contribution < 1.29 is 9.72 Å². The Kier molecular flexibility index (Phi) is 2.59. The SMILES string of the molecule is NC(=O)c1nn2c(c1[N+](=O)[O-])CCCCC2. The fourth-order valence-electron chi connectivity index (χ4n) is 2.01. The maximum atomic E-state index is 11.1. The van der Waals surface area contributed by atoms with E-state index >= 15 is 0 Å². The molecule has 0 bridgehead atoms. The van der Waals surface area contributed by atoms with Crippen LogP contribution in [0, 0.1) is 10.1 Å². The molecule has 86 valence electrons. The average Bonchev–Trinajstić information content (AvgIpc) is 2.43. The molecule has 0 unspecified atom stereocenters. The predicted molar refractivity (Wildman–Crippen MR) is 55.0 cm³/mol. The Bertz CT molecular complexity index is 452. The summed E-state index contributed by atoms with van der Waals surface area (Å²) in [4.78, 5) is 21.4. The number of nitrogens with two attached hydrogens (primary N) is 1. The third-order valence-electron chi connectivity index (χ3n) is 2.73. The zero-order chi connectivity index (χ0) is 11.7. The molecule has 0 saturated heterocycles. The number of aromatic nitrogens is 2. The molecule has 0 saturated carbocycles.